The average Bonchev–Trinajstić information content (AvgIpc) is 2.97. The molecule has 0 amide bonds. The van der Waals surface area contributed by atoms with E-state index >= 15 is 0 Å². The van der Waals surface area contributed by atoms with Crippen molar-refractivity contribution >= 4 is 27.8 Å². The number of carbonyl (C=O) groups excluding carboxylic acids is 1. The molecule has 2 aromatic heterocycles. The van der Waals surface area contributed by atoms with Gasteiger partial charge >= 0.3 is 5.97 Å². The quantitative estimate of drug-likeness (QED) is 0.192. The lowest BCUT2D eigenvalue weighted by molar-refractivity contribution is -0.135. The molecule has 8 nitrogen and oxygen atoms in total. The Hall–Kier alpha value is -4.85. The molecule has 0 saturated carbocycles. The fraction of sp³-hybridized carbons (Fsp3) is 0.242. The zero-order valence-electron chi connectivity index (χ0n) is 23.2. The minimum absolute atomic E-state index is 0.0758. The summed E-state index contributed by atoms with van der Waals surface area (Å²) in [6.07, 6.45) is 1.32. The maximum Gasteiger partial charge on any atom is 0.312 e. The second kappa shape index (κ2) is 10.3. The molecule has 0 fully saturated rings. The molecule has 208 valence electrons. The zero-order valence-corrected chi connectivity index (χ0v) is 23.2. The number of para-hydroxylation sites is 1. The van der Waals surface area contributed by atoms with Crippen LogP contribution >= 0.6 is 0 Å². The predicted molar refractivity (Wildman–Crippen MR) is 156 cm³/mol. The number of esters is 1. The van der Waals surface area contributed by atoms with E-state index in [-0.39, 0.29) is 45.8 Å². The van der Waals surface area contributed by atoms with Crippen molar-refractivity contribution < 1.29 is 23.4 Å². The van der Waals surface area contributed by atoms with E-state index in [4.69, 9.17) is 18.6 Å². The summed E-state index contributed by atoms with van der Waals surface area (Å²) in [4.78, 5) is 40.8. The van der Waals surface area contributed by atoms with Gasteiger partial charge in [-0.2, -0.15) is 0 Å². The van der Waals surface area contributed by atoms with Crippen LogP contribution in [0.4, 0.5) is 0 Å². The van der Waals surface area contributed by atoms with Crippen LogP contribution in [0.15, 0.2) is 80.9 Å². The first-order valence-electron chi connectivity index (χ1n) is 13.4. The molecule has 0 radical (unpaired) electrons. The van der Waals surface area contributed by atoms with E-state index in [2.05, 4.69) is 13.8 Å². The highest BCUT2D eigenvalue weighted by Gasteiger charge is 2.36. The Bertz CT molecular complexity index is 1930. The Labute approximate surface area is 235 Å². The molecule has 5 aromatic rings. The fourth-order valence-electron chi connectivity index (χ4n) is 5.66. The zero-order chi connectivity index (χ0) is 28.8. The van der Waals surface area contributed by atoms with Crippen LogP contribution in [-0.2, 0) is 11.3 Å². The second-order valence-corrected chi connectivity index (χ2v) is 10.6. The Morgan fingerprint density at radius 2 is 1.73 bits per heavy atom. The third-order valence-corrected chi connectivity index (χ3v) is 7.53. The molecule has 0 spiro atoms. The molecular weight excluding hydrogens is 522 g/mol. The summed E-state index contributed by atoms with van der Waals surface area (Å²) >= 11 is 0. The Balaban J connectivity index is 1.63. The van der Waals surface area contributed by atoms with Gasteiger partial charge in [0.1, 0.15) is 34.5 Å². The van der Waals surface area contributed by atoms with Crippen molar-refractivity contribution in [2.24, 2.45) is 5.92 Å². The van der Waals surface area contributed by atoms with Crippen LogP contribution in [0.3, 0.4) is 0 Å². The third-order valence-electron chi connectivity index (χ3n) is 7.53. The number of hydrogen-bond donors (Lipinski definition) is 0. The summed E-state index contributed by atoms with van der Waals surface area (Å²) in [5.41, 5.74) is 2.46. The minimum Gasteiger partial charge on any atom is -0.497 e. The highest BCUT2D eigenvalue weighted by Crippen LogP contribution is 2.45. The van der Waals surface area contributed by atoms with Crippen LogP contribution in [-0.4, -0.2) is 24.8 Å². The molecule has 1 aliphatic rings. The molecule has 0 saturated heterocycles. The lowest BCUT2D eigenvalue weighted by atomic mass is 9.84. The third kappa shape index (κ3) is 4.45. The maximum atomic E-state index is 14.0. The van der Waals surface area contributed by atoms with Crippen molar-refractivity contribution in [3.05, 3.63) is 98.6 Å². The first kappa shape index (κ1) is 26.4. The smallest absolute Gasteiger partial charge is 0.312 e. The van der Waals surface area contributed by atoms with Crippen LogP contribution < -0.4 is 25.2 Å². The summed E-state index contributed by atoms with van der Waals surface area (Å²) in [5.74, 6) is 0.128. The highest BCUT2D eigenvalue weighted by atomic mass is 16.5. The van der Waals surface area contributed by atoms with Gasteiger partial charge in [-0.15, -0.1) is 0 Å². The molecule has 1 atom stereocenters. The predicted octanol–water partition coefficient (Wildman–Crippen LogP) is 5.89. The largest absolute Gasteiger partial charge is 0.497 e. The van der Waals surface area contributed by atoms with Gasteiger partial charge in [0.05, 0.1) is 31.7 Å². The molecule has 0 bridgehead atoms. The number of nitrogens with zero attached hydrogens (tertiary/aromatic N) is 1. The van der Waals surface area contributed by atoms with E-state index in [1.165, 1.54) is 19.4 Å². The Morgan fingerprint density at radius 3 is 2.44 bits per heavy atom. The van der Waals surface area contributed by atoms with E-state index in [0.717, 1.165) is 10.9 Å². The van der Waals surface area contributed by atoms with Crippen LogP contribution in [0.1, 0.15) is 37.3 Å². The molecule has 6 rings (SSSR count). The van der Waals surface area contributed by atoms with Crippen LogP contribution in [0.5, 0.6) is 17.2 Å². The molecule has 0 unspecified atom stereocenters. The molecular formula is C33H29NO7. The molecule has 3 aromatic carbocycles. The van der Waals surface area contributed by atoms with E-state index in [1.807, 2.05) is 30.3 Å². The molecule has 41 heavy (non-hydrogen) atoms. The van der Waals surface area contributed by atoms with Crippen molar-refractivity contribution in [2.45, 2.75) is 32.7 Å². The molecule has 3 heterocycles. The number of hydrogen-bond acceptors (Lipinski definition) is 7. The summed E-state index contributed by atoms with van der Waals surface area (Å²) in [5, 5.41) is 1.09. The van der Waals surface area contributed by atoms with Gasteiger partial charge in [0.2, 0.25) is 5.43 Å². The number of carbonyl (C=O) groups is 1. The lowest BCUT2D eigenvalue weighted by Gasteiger charge is -2.27. The normalized spacial score (nSPS) is 14.8. The number of rotatable bonds is 6. The minimum atomic E-state index is -0.690. The number of pyridine rings is 1. The number of methoxy groups -OCH3 is 2. The van der Waals surface area contributed by atoms with Gasteiger partial charge in [-0.1, -0.05) is 44.2 Å². The number of ether oxygens (including phenoxy) is 3. The van der Waals surface area contributed by atoms with E-state index in [0.29, 0.717) is 34.5 Å². The van der Waals surface area contributed by atoms with Crippen LogP contribution in [0, 0.1) is 5.92 Å². The first-order chi connectivity index (χ1) is 19.8. The van der Waals surface area contributed by atoms with Crippen molar-refractivity contribution in [2.75, 3.05) is 14.2 Å². The molecule has 0 N–H and O–H groups in total. The van der Waals surface area contributed by atoms with E-state index < -0.39 is 11.9 Å². The van der Waals surface area contributed by atoms with Gasteiger partial charge in [0, 0.05) is 29.7 Å². The molecule has 0 aliphatic carbocycles. The van der Waals surface area contributed by atoms with Gasteiger partial charge in [-0.05, 0) is 41.1 Å². The molecule has 8 heteroatoms. The number of benzene rings is 3. The standard InChI is InChI=1S/C33H29NO7/c1-18(2)16-34-25-8-6-5-7-20(25)13-23(33(34)37)22-14-28(35)41-27-15-26(39-4)30-31(36)24(17-40-32(30)29(22)27)19-9-11-21(38-3)12-10-19/h5-13,15,17-18,22H,14,16H2,1-4H3/t22-/m1/s1. The first-order valence-corrected chi connectivity index (χ1v) is 13.4. The highest BCUT2D eigenvalue weighted by molar-refractivity contribution is 5.94. The van der Waals surface area contributed by atoms with E-state index in [9.17, 15) is 14.4 Å². The number of fused-ring (bicyclic) bond motifs is 4. The summed E-state index contributed by atoms with van der Waals surface area (Å²) in [6, 6.07) is 18.1. The van der Waals surface area contributed by atoms with Gasteiger partial charge in [0.15, 0.2) is 0 Å². The summed E-state index contributed by atoms with van der Waals surface area (Å²) < 4.78 is 24.4. The number of aromatic nitrogens is 1. The van der Waals surface area contributed by atoms with Gasteiger partial charge in [-0.3, -0.25) is 14.4 Å². The molecule has 1 aliphatic heterocycles. The van der Waals surface area contributed by atoms with Crippen molar-refractivity contribution in [1.29, 1.82) is 0 Å². The van der Waals surface area contributed by atoms with E-state index in [1.54, 1.807) is 35.9 Å². The maximum absolute atomic E-state index is 14.0. The average molecular weight is 552 g/mol. The summed E-state index contributed by atoms with van der Waals surface area (Å²) in [6.45, 7) is 4.62. The Kier molecular flexibility index (Phi) is 6.61. The van der Waals surface area contributed by atoms with Crippen molar-refractivity contribution in [3.63, 3.8) is 0 Å². The van der Waals surface area contributed by atoms with Gasteiger partial charge < -0.3 is 23.2 Å². The lowest BCUT2D eigenvalue weighted by Crippen LogP contribution is -2.31. The summed E-state index contributed by atoms with van der Waals surface area (Å²) in [7, 11) is 3.01. The SMILES string of the molecule is COc1ccc(-c2coc3c4c(cc(OC)c3c2=O)OC(=O)C[C@@H]4c2cc3ccccc3n(CC(C)C)c2=O)cc1. The Morgan fingerprint density at radius 1 is 0.976 bits per heavy atom. The van der Waals surface area contributed by atoms with Crippen molar-refractivity contribution in [1.82, 2.24) is 4.57 Å². The van der Waals surface area contributed by atoms with Crippen molar-refractivity contribution in [3.8, 4) is 28.4 Å². The van der Waals surface area contributed by atoms with Crippen LogP contribution in [0.2, 0.25) is 0 Å². The van der Waals surface area contributed by atoms with Gasteiger partial charge in [0.25, 0.3) is 5.56 Å². The van der Waals surface area contributed by atoms with Gasteiger partial charge in [-0.25, -0.2) is 0 Å². The monoisotopic (exact) mass is 551 g/mol. The fourth-order valence-corrected chi connectivity index (χ4v) is 5.66. The topological polar surface area (TPSA) is 97.0 Å². The second-order valence-electron chi connectivity index (χ2n) is 10.6. The van der Waals surface area contributed by atoms with Crippen LogP contribution in [0.25, 0.3) is 33.0 Å².